The van der Waals surface area contributed by atoms with E-state index in [1.54, 1.807) is 0 Å². The van der Waals surface area contributed by atoms with Crippen molar-refractivity contribution in [2.45, 2.75) is 35.9 Å². The molecule has 0 saturated carbocycles. The van der Waals surface area contributed by atoms with Gasteiger partial charge >= 0.3 is 0 Å². The molecule has 1 aromatic rings. The third-order valence-electron chi connectivity index (χ3n) is 2.91. The summed E-state index contributed by atoms with van der Waals surface area (Å²) >= 11 is 5.51. The van der Waals surface area contributed by atoms with Gasteiger partial charge in [0.2, 0.25) is 0 Å². The quantitative estimate of drug-likeness (QED) is 0.684. The zero-order valence-corrected chi connectivity index (χ0v) is 11.0. The highest BCUT2D eigenvalue weighted by molar-refractivity contribution is 9.08. The fraction of sp³-hybridized carbons (Fsp3) is 0.500. The highest BCUT2D eigenvalue weighted by Gasteiger charge is 2.27. The molecule has 0 aliphatic carbocycles. The lowest BCUT2D eigenvalue weighted by molar-refractivity contribution is 0.493. The molecule has 1 heterocycles. The SMILES string of the molecule is CC1(C)CCSc2ccc(CBr)cc21. The summed E-state index contributed by atoms with van der Waals surface area (Å²) in [6.45, 7) is 4.70. The molecule has 2 rings (SSSR count). The van der Waals surface area contributed by atoms with E-state index in [9.17, 15) is 0 Å². The smallest absolute Gasteiger partial charge is 0.0283 e. The maximum Gasteiger partial charge on any atom is 0.0283 e. The number of thioether (sulfide) groups is 1. The second-order valence-electron chi connectivity index (χ2n) is 4.45. The van der Waals surface area contributed by atoms with Crippen molar-refractivity contribution < 1.29 is 0 Å². The number of halogens is 1. The molecule has 0 bridgehead atoms. The number of hydrogen-bond acceptors (Lipinski definition) is 1. The Bertz CT molecular complexity index is 344. The lowest BCUT2D eigenvalue weighted by Gasteiger charge is -2.32. The fourth-order valence-electron chi connectivity index (χ4n) is 1.87. The summed E-state index contributed by atoms with van der Waals surface area (Å²) in [4.78, 5) is 1.48. The molecule has 1 aliphatic heterocycles. The average Bonchev–Trinajstić information content (AvgIpc) is 2.17. The molecule has 0 radical (unpaired) electrons. The maximum absolute atomic E-state index is 3.52. The van der Waals surface area contributed by atoms with Gasteiger partial charge in [-0.3, -0.25) is 0 Å². The first-order valence-electron chi connectivity index (χ1n) is 4.96. The van der Waals surface area contributed by atoms with Crippen LogP contribution in [0.15, 0.2) is 23.1 Å². The van der Waals surface area contributed by atoms with E-state index in [0.717, 1.165) is 5.33 Å². The van der Waals surface area contributed by atoms with Crippen LogP contribution < -0.4 is 0 Å². The molecule has 0 unspecified atom stereocenters. The van der Waals surface area contributed by atoms with Gasteiger partial charge in [-0.15, -0.1) is 11.8 Å². The molecule has 0 atom stereocenters. The van der Waals surface area contributed by atoms with E-state index in [1.165, 1.54) is 28.2 Å². The summed E-state index contributed by atoms with van der Waals surface area (Å²) in [5.74, 6) is 1.26. The summed E-state index contributed by atoms with van der Waals surface area (Å²) < 4.78 is 0. The second kappa shape index (κ2) is 3.90. The van der Waals surface area contributed by atoms with Gasteiger partial charge in [-0.2, -0.15) is 0 Å². The van der Waals surface area contributed by atoms with Crippen molar-refractivity contribution in [3.63, 3.8) is 0 Å². The van der Waals surface area contributed by atoms with Gasteiger partial charge in [-0.1, -0.05) is 41.9 Å². The Kier molecular flexibility index (Phi) is 2.94. The third kappa shape index (κ3) is 1.87. The first-order valence-corrected chi connectivity index (χ1v) is 7.06. The summed E-state index contributed by atoms with van der Waals surface area (Å²) in [5.41, 5.74) is 3.28. The Morgan fingerprint density at radius 1 is 1.43 bits per heavy atom. The molecule has 0 amide bonds. The average molecular weight is 271 g/mol. The van der Waals surface area contributed by atoms with Crippen molar-refractivity contribution in [3.05, 3.63) is 29.3 Å². The van der Waals surface area contributed by atoms with Gasteiger partial charge in [0, 0.05) is 10.2 Å². The second-order valence-corrected chi connectivity index (χ2v) is 6.14. The van der Waals surface area contributed by atoms with Crippen LogP contribution in [0.25, 0.3) is 0 Å². The Morgan fingerprint density at radius 3 is 2.93 bits per heavy atom. The predicted molar refractivity (Wildman–Crippen MR) is 67.4 cm³/mol. The molecule has 0 aromatic heterocycles. The van der Waals surface area contributed by atoms with Gasteiger partial charge in [0.25, 0.3) is 0 Å². The van der Waals surface area contributed by atoms with Crippen LogP contribution in [0.2, 0.25) is 0 Å². The fourth-order valence-corrected chi connectivity index (χ4v) is 3.70. The Labute approximate surface area is 98.6 Å². The van der Waals surface area contributed by atoms with Crippen molar-refractivity contribution in [2.24, 2.45) is 0 Å². The zero-order valence-electron chi connectivity index (χ0n) is 8.64. The number of benzene rings is 1. The van der Waals surface area contributed by atoms with Crippen molar-refractivity contribution in [1.29, 1.82) is 0 Å². The van der Waals surface area contributed by atoms with Crippen LogP contribution in [0.5, 0.6) is 0 Å². The maximum atomic E-state index is 3.52. The van der Waals surface area contributed by atoms with E-state index in [0.29, 0.717) is 5.41 Å². The van der Waals surface area contributed by atoms with Gasteiger partial charge in [-0.25, -0.2) is 0 Å². The number of hydrogen-bond donors (Lipinski definition) is 0. The van der Waals surface area contributed by atoms with Crippen LogP contribution in [0.3, 0.4) is 0 Å². The van der Waals surface area contributed by atoms with Crippen LogP contribution in [0.1, 0.15) is 31.4 Å². The first-order chi connectivity index (χ1) is 6.63. The summed E-state index contributed by atoms with van der Waals surface area (Å²) in [7, 11) is 0. The standard InChI is InChI=1S/C12H15BrS/c1-12(2)5-6-14-11-4-3-9(8-13)7-10(11)12/h3-4,7H,5-6,8H2,1-2H3. The molecule has 0 nitrogen and oxygen atoms in total. The van der Waals surface area contributed by atoms with Crippen molar-refractivity contribution in [2.75, 3.05) is 5.75 Å². The number of rotatable bonds is 1. The van der Waals surface area contributed by atoms with E-state index < -0.39 is 0 Å². The first kappa shape index (κ1) is 10.6. The Morgan fingerprint density at radius 2 is 2.21 bits per heavy atom. The van der Waals surface area contributed by atoms with E-state index in [1.807, 2.05) is 11.8 Å². The minimum absolute atomic E-state index is 0.360. The van der Waals surface area contributed by atoms with Gasteiger partial charge in [-0.05, 0) is 34.8 Å². The molecule has 0 saturated heterocycles. The van der Waals surface area contributed by atoms with Crippen molar-refractivity contribution in [1.82, 2.24) is 0 Å². The van der Waals surface area contributed by atoms with E-state index in [-0.39, 0.29) is 0 Å². The summed E-state index contributed by atoms with van der Waals surface area (Å²) in [5, 5.41) is 0.959. The van der Waals surface area contributed by atoms with E-state index in [2.05, 4.69) is 48.0 Å². The summed E-state index contributed by atoms with van der Waals surface area (Å²) in [6.07, 6.45) is 1.29. The van der Waals surface area contributed by atoms with E-state index >= 15 is 0 Å². The number of alkyl halides is 1. The van der Waals surface area contributed by atoms with E-state index in [4.69, 9.17) is 0 Å². The van der Waals surface area contributed by atoms with Crippen LogP contribution in [-0.2, 0) is 10.7 Å². The third-order valence-corrected chi connectivity index (χ3v) is 4.63. The summed E-state index contributed by atoms with van der Waals surface area (Å²) in [6, 6.07) is 6.86. The van der Waals surface area contributed by atoms with Crippen LogP contribution in [-0.4, -0.2) is 5.75 Å². The molecular formula is C12H15BrS. The molecule has 0 spiro atoms. The lowest BCUT2D eigenvalue weighted by Crippen LogP contribution is -2.22. The lowest BCUT2D eigenvalue weighted by atomic mass is 9.81. The van der Waals surface area contributed by atoms with Gasteiger partial charge < -0.3 is 0 Å². The minimum atomic E-state index is 0.360. The molecule has 1 aromatic carbocycles. The van der Waals surface area contributed by atoms with Crippen LogP contribution in [0.4, 0.5) is 0 Å². The zero-order chi connectivity index (χ0) is 10.2. The van der Waals surface area contributed by atoms with Crippen LogP contribution in [0, 0.1) is 0 Å². The molecule has 76 valence electrons. The van der Waals surface area contributed by atoms with Gasteiger partial charge in [0.05, 0.1) is 0 Å². The topological polar surface area (TPSA) is 0 Å². The molecule has 0 fully saturated rings. The molecule has 14 heavy (non-hydrogen) atoms. The van der Waals surface area contributed by atoms with Gasteiger partial charge in [0.1, 0.15) is 0 Å². The van der Waals surface area contributed by atoms with Crippen molar-refractivity contribution in [3.8, 4) is 0 Å². The predicted octanol–water partition coefficient (Wildman–Crippen LogP) is 4.35. The largest absolute Gasteiger partial charge is 0.126 e. The van der Waals surface area contributed by atoms with Gasteiger partial charge in [0.15, 0.2) is 0 Å². The molecule has 0 N–H and O–H groups in total. The monoisotopic (exact) mass is 270 g/mol. The molecule has 1 aliphatic rings. The molecule has 2 heteroatoms. The highest BCUT2D eigenvalue weighted by atomic mass is 79.9. The minimum Gasteiger partial charge on any atom is -0.126 e. The molecular weight excluding hydrogens is 256 g/mol. The van der Waals surface area contributed by atoms with Crippen LogP contribution >= 0.6 is 27.7 Å². The number of fused-ring (bicyclic) bond motifs is 1. The normalized spacial score (nSPS) is 19.1. The Hall–Kier alpha value is 0.0500. The van der Waals surface area contributed by atoms with Crippen molar-refractivity contribution >= 4 is 27.7 Å². The Balaban J connectivity index is 2.49. The highest BCUT2D eigenvalue weighted by Crippen LogP contribution is 2.41.